The summed E-state index contributed by atoms with van der Waals surface area (Å²) in [5.41, 5.74) is -1.28. The minimum atomic E-state index is -0.691. The first kappa shape index (κ1) is 18.9. The third kappa shape index (κ3) is 4.27. The van der Waals surface area contributed by atoms with E-state index in [1.807, 2.05) is 0 Å². The van der Waals surface area contributed by atoms with Crippen molar-refractivity contribution in [2.24, 2.45) is 0 Å². The van der Waals surface area contributed by atoms with Crippen molar-refractivity contribution in [2.75, 3.05) is 26.2 Å². The lowest BCUT2D eigenvalue weighted by Gasteiger charge is -2.35. The number of hydrogen-bond donors (Lipinski definition) is 0. The van der Waals surface area contributed by atoms with E-state index in [0.717, 1.165) is 6.07 Å². The maximum absolute atomic E-state index is 13.4. The van der Waals surface area contributed by atoms with Gasteiger partial charge in [-0.1, -0.05) is 0 Å². The maximum atomic E-state index is 13.4. The zero-order valence-electron chi connectivity index (χ0n) is 15.5. The first-order valence-corrected chi connectivity index (χ1v) is 8.65. The average Bonchev–Trinajstić information content (AvgIpc) is 2.59. The molecule has 0 radical (unpaired) electrons. The number of hydrogen-bond acceptors (Lipinski definition) is 5. The highest BCUT2D eigenvalue weighted by Gasteiger charge is 2.29. The minimum absolute atomic E-state index is 0.149. The van der Waals surface area contributed by atoms with Crippen molar-refractivity contribution >= 4 is 22.8 Å². The standard InChI is InChI=1S/C19H21FN2O5/c1-19(2,3)27-18(25)22-8-6-21(7-9-22)16(23)15-11-12-10-13(20)4-5-14(12)17(24)26-15/h4-5,10-11H,6-9H2,1-3H3. The van der Waals surface area contributed by atoms with E-state index < -0.39 is 29.0 Å². The van der Waals surface area contributed by atoms with Crippen LogP contribution >= 0.6 is 0 Å². The Morgan fingerprint density at radius 1 is 1.07 bits per heavy atom. The highest BCUT2D eigenvalue weighted by atomic mass is 19.1. The third-order valence-corrected chi connectivity index (χ3v) is 4.15. The fourth-order valence-corrected chi connectivity index (χ4v) is 2.84. The molecule has 0 unspecified atom stereocenters. The molecular formula is C19H21FN2O5. The van der Waals surface area contributed by atoms with Crippen molar-refractivity contribution in [1.82, 2.24) is 9.80 Å². The zero-order chi connectivity index (χ0) is 19.8. The van der Waals surface area contributed by atoms with Gasteiger partial charge < -0.3 is 19.0 Å². The summed E-state index contributed by atoms with van der Waals surface area (Å²) in [5, 5.41) is 0.518. The predicted octanol–water partition coefficient (Wildman–Crippen LogP) is 2.63. The summed E-state index contributed by atoms with van der Waals surface area (Å²) in [4.78, 5) is 39.8. The lowest BCUT2D eigenvalue weighted by molar-refractivity contribution is 0.0136. The van der Waals surface area contributed by atoms with Gasteiger partial charge in [-0.15, -0.1) is 0 Å². The van der Waals surface area contributed by atoms with Gasteiger partial charge in [0.05, 0.1) is 5.39 Å². The van der Waals surface area contributed by atoms with Crippen molar-refractivity contribution in [3.63, 3.8) is 0 Å². The molecule has 1 aliphatic heterocycles. The van der Waals surface area contributed by atoms with Gasteiger partial charge in [-0.2, -0.15) is 0 Å². The Kier molecular flexibility index (Phi) is 4.91. The first-order valence-electron chi connectivity index (χ1n) is 8.65. The van der Waals surface area contributed by atoms with E-state index >= 15 is 0 Å². The Morgan fingerprint density at radius 3 is 2.33 bits per heavy atom. The number of carbonyl (C=O) groups excluding carboxylic acids is 2. The molecule has 1 aliphatic rings. The molecule has 27 heavy (non-hydrogen) atoms. The van der Waals surface area contributed by atoms with E-state index in [2.05, 4.69) is 0 Å². The molecule has 2 amide bonds. The third-order valence-electron chi connectivity index (χ3n) is 4.15. The van der Waals surface area contributed by atoms with Gasteiger partial charge >= 0.3 is 11.7 Å². The number of fused-ring (bicyclic) bond motifs is 1. The van der Waals surface area contributed by atoms with Crippen LogP contribution in [0.1, 0.15) is 31.3 Å². The molecule has 0 aliphatic carbocycles. The minimum Gasteiger partial charge on any atom is -0.444 e. The first-order chi connectivity index (χ1) is 12.6. The fraction of sp³-hybridized carbons (Fsp3) is 0.421. The van der Waals surface area contributed by atoms with Crippen molar-refractivity contribution < 1.29 is 23.1 Å². The number of amides is 2. The smallest absolute Gasteiger partial charge is 0.410 e. The highest BCUT2D eigenvalue weighted by molar-refractivity contribution is 5.95. The quantitative estimate of drug-likeness (QED) is 0.764. The SMILES string of the molecule is CC(C)(C)OC(=O)N1CCN(C(=O)c2cc3cc(F)ccc3c(=O)o2)CC1. The molecule has 144 valence electrons. The number of benzene rings is 1. The molecule has 1 aromatic heterocycles. The Hall–Kier alpha value is -2.90. The van der Waals surface area contributed by atoms with Crippen molar-refractivity contribution in [3.05, 3.63) is 46.3 Å². The van der Waals surface area contributed by atoms with Crippen LogP contribution in [-0.4, -0.2) is 53.6 Å². The number of ether oxygens (including phenoxy) is 1. The average molecular weight is 376 g/mol. The fourth-order valence-electron chi connectivity index (χ4n) is 2.84. The van der Waals surface area contributed by atoms with Gasteiger partial charge in [0.2, 0.25) is 0 Å². The van der Waals surface area contributed by atoms with Crippen LogP contribution in [0.3, 0.4) is 0 Å². The van der Waals surface area contributed by atoms with Crippen LogP contribution in [0, 0.1) is 5.82 Å². The van der Waals surface area contributed by atoms with Crippen LogP contribution in [0.25, 0.3) is 10.8 Å². The molecule has 1 fully saturated rings. The predicted molar refractivity (Wildman–Crippen MR) is 96.2 cm³/mol. The van der Waals surface area contributed by atoms with Gasteiger partial charge in [-0.25, -0.2) is 14.0 Å². The largest absolute Gasteiger partial charge is 0.444 e. The number of rotatable bonds is 1. The highest BCUT2D eigenvalue weighted by Crippen LogP contribution is 2.17. The van der Waals surface area contributed by atoms with E-state index in [0.29, 0.717) is 18.5 Å². The van der Waals surface area contributed by atoms with Gasteiger partial charge in [0, 0.05) is 26.2 Å². The number of carbonyl (C=O) groups is 2. The van der Waals surface area contributed by atoms with Gasteiger partial charge in [0.15, 0.2) is 5.76 Å². The molecule has 0 bridgehead atoms. The Morgan fingerprint density at radius 2 is 1.70 bits per heavy atom. The van der Waals surface area contributed by atoms with E-state index in [4.69, 9.17) is 9.15 Å². The van der Waals surface area contributed by atoms with Crippen LogP contribution in [0.15, 0.2) is 33.5 Å². The normalized spacial score (nSPS) is 15.1. The van der Waals surface area contributed by atoms with Gasteiger partial charge in [-0.05, 0) is 50.4 Å². The van der Waals surface area contributed by atoms with E-state index in [1.165, 1.54) is 28.0 Å². The Balaban J connectivity index is 1.72. The lowest BCUT2D eigenvalue weighted by atomic mass is 10.1. The monoisotopic (exact) mass is 376 g/mol. The summed E-state index contributed by atoms with van der Waals surface area (Å²) in [6.07, 6.45) is -0.428. The summed E-state index contributed by atoms with van der Waals surface area (Å²) in [6, 6.07) is 5.03. The number of piperazine rings is 1. The van der Waals surface area contributed by atoms with Gasteiger partial charge in [0.1, 0.15) is 11.4 Å². The van der Waals surface area contributed by atoms with Crippen LogP contribution < -0.4 is 5.63 Å². The van der Waals surface area contributed by atoms with Crippen LogP contribution in [0.5, 0.6) is 0 Å². The molecular weight excluding hydrogens is 355 g/mol. The van der Waals surface area contributed by atoms with Crippen LogP contribution in [-0.2, 0) is 4.74 Å². The molecule has 8 heteroatoms. The summed E-state index contributed by atoms with van der Waals surface area (Å²) in [5.74, 6) is -1.12. The molecule has 0 N–H and O–H groups in total. The second kappa shape index (κ2) is 7.02. The maximum Gasteiger partial charge on any atom is 0.410 e. The topological polar surface area (TPSA) is 80.1 Å². The molecule has 3 rings (SSSR count). The number of halogens is 1. The van der Waals surface area contributed by atoms with Gasteiger partial charge in [0.25, 0.3) is 5.91 Å². The molecule has 1 saturated heterocycles. The van der Waals surface area contributed by atoms with Crippen LogP contribution in [0.4, 0.5) is 9.18 Å². The summed E-state index contributed by atoms with van der Waals surface area (Å²) in [6.45, 7) is 6.55. The van der Waals surface area contributed by atoms with Crippen molar-refractivity contribution in [3.8, 4) is 0 Å². The molecule has 0 saturated carbocycles. The Bertz CT molecular complexity index is 939. The molecule has 0 spiro atoms. The van der Waals surface area contributed by atoms with Crippen molar-refractivity contribution in [1.29, 1.82) is 0 Å². The van der Waals surface area contributed by atoms with Crippen molar-refractivity contribution in [2.45, 2.75) is 26.4 Å². The van der Waals surface area contributed by atoms with Gasteiger partial charge in [-0.3, -0.25) is 4.79 Å². The second-order valence-corrected chi connectivity index (χ2v) is 7.39. The lowest BCUT2D eigenvalue weighted by Crippen LogP contribution is -2.51. The van der Waals surface area contributed by atoms with E-state index in [1.54, 1.807) is 20.8 Å². The molecule has 2 aromatic rings. The summed E-state index contributed by atoms with van der Waals surface area (Å²) in [7, 11) is 0. The summed E-state index contributed by atoms with van der Waals surface area (Å²) >= 11 is 0. The summed E-state index contributed by atoms with van der Waals surface area (Å²) < 4.78 is 23.8. The molecule has 1 aromatic carbocycles. The van der Waals surface area contributed by atoms with E-state index in [-0.39, 0.29) is 24.2 Å². The zero-order valence-corrected chi connectivity index (χ0v) is 15.5. The number of nitrogens with zero attached hydrogens (tertiary/aromatic N) is 2. The van der Waals surface area contributed by atoms with E-state index in [9.17, 15) is 18.8 Å². The molecule has 2 heterocycles. The Labute approximate surface area is 155 Å². The second-order valence-electron chi connectivity index (χ2n) is 7.39. The van der Waals surface area contributed by atoms with Crippen LogP contribution in [0.2, 0.25) is 0 Å². The molecule has 7 nitrogen and oxygen atoms in total. The molecule has 0 atom stereocenters.